The molecule has 7 rings (SSSR count). The van der Waals surface area contributed by atoms with Crippen molar-refractivity contribution in [2.75, 3.05) is 6.54 Å². The summed E-state index contributed by atoms with van der Waals surface area (Å²) in [6.45, 7) is -0.107. The minimum atomic E-state index is -1.17. The molecule has 1 unspecified atom stereocenters. The lowest BCUT2D eigenvalue weighted by Crippen LogP contribution is -2.45. The summed E-state index contributed by atoms with van der Waals surface area (Å²) in [5.41, 5.74) is 1.64. The molecule has 10 nitrogen and oxygen atoms in total. The van der Waals surface area contributed by atoms with E-state index in [-0.39, 0.29) is 47.9 Å². The largest absolute Gasteiger partial charge is 0.476 e. The average molecular weight is 740 g/mol. The first-order chi connectivity index (χ1) is 24.6. The SMILES string of the molecule is O=C(O)c1nc(CO)sc1-c1ccc(F)cc1.O=C(c1nc(CO)sc1-c1ccc(F)cc1)N1CCCCC1Cc1nc2c(F)c(F)ccc2[nH]1. The molecule has 3 aromatic heterocycles. The zero-order chi connectivity index (χ0) is 36.2. The first-order valence-electron chi connectivity index (χ1n) is 15.7. The Morgan fingerprint density at radius 2 is 1.35 bits per heavy atom. The van der Waals surface area contributed by atoms with Gasteiger partial charge < -0.3 is 25.2 Å². The third-order valence-corrected chi connectivity index (χ3v) is 10.3. The first kappa shape index (κ1) is 35.8. The number of fused-ring (bicyclic) bond motifs is 1. The molecule has 16 heteroatoms. The van der Waals surface area contributed by atoms with E-state index in [0.29, 0.717) is 55.2 Å². The number of carboxylic acid groups (broad SMARTS) is 1. The maximum Gasteiger partial charge on any atom is 0.356 e. The average Bonchev–Trinajstić information content (AvgIpc) is 3.88. The van der Waals surface area contributed by atoms with Gasteiger partial charge in [-0.2, -0.15) is 0 Å². The Kier molecular flexibility index (Phi) is 10.9. The molecule has 4 N–H and O–H groups in total. The number of aliphatic hydroxyl groups is 2. The Hall–Kier alpha value is -5.03. The number of aromatic amines is 1. The lowest BCUT2D eigenvalue weighted by Gasteiger charge is -2.35. The molecule has 1 fully saturated rings. The number of amides is 1. The van der Waals surface area contributed by atoms with Crippen molar-refractivity contribution in [2.45, 2.75) is 44.9 Å². The molecule has 0 bridgehead atoms. The Balaban J connectivity index is 0.000000221. The molecule has 1 saturated heterocycles. The molecule has 0 radical (unpaired) electrons. The number of aromatic nitrogens is 4. The summed E-state index contributed by atoms with van der Waals surface area (Å²) >= 11 is 2.28. The third kappa shape index (κ3) is 7.83. The number of nitrogens with zero attached hydrogens (tertiary/aromatic N) is 4. The number of imidazole rings is 1. The van der Waals surface area contributed by atoms with Crippen LogP contribution in [-0.4, -0.2) is 64.6 Å². The lowest BCUT2D eigenvalue weighted by molar-refractivity contribution is 0.0605. The van der Waals surface area contributed by atoms with Gasteiger partial charge in [0.2, 0.25) is 0 Å². The van der Waals surface area contributed by atoms with Crippen LogP contribution in [0, 0.1) is 23.3 Å². The molecule has 1 atom stereocenters. The molecule has 1 aliphatic rings. The number of thiazole rings is 2. The molecule has 264 valence electrons. The van der Waals surface area contributed by atoms with Crippen LogP contribution < -0.4 is 0 Å². The number of nitrogens with one attached hydrogen (secondary N) is 1. The number of carbonyl (C=O) groups excluding carboxylic acids is 1. The summed E-state index contributed by atoms with van der Waals surface area (Å²) in [6, 6.07) is 13.5. The molecule has 6 aromatic rings. The summed E-state index contributed by atoms with van der Waals surface area (Å²) in [5, 5.41) is 28.2. The van der Waals surface area contributed by atoms with E-state index in [1.54, 1.807) is 17.0 Å². The fourth-order valence-corrected chi connectivity index (χ4v) is 7.59. The van der Waals surface area contributed by atoms with Crippen molar-refractivity contribution in [1.82, 2.24) is 24.8 Å². The molecule has 0 spiro atoms. The van der Waals surface area contributed by atoms with Crippen molar-refractivity contribution < 1.29 is 42.5 Å². The summed E-state index contributed by atoms with van der Waals surface area (Å²) in [6.07, 6.45) is 2.82. The van der Waals surface area contributed by atoms with Gasteiger partial charge in [-0.1, -0.05) is 24.3 Å². The zero-order valence-corrected chi connectivity index (χ0v) is 28.2. The predicted octanol–water partition coefficient (Wildman–Crippen LogP) is 6.97. The van der Waals surface area contributed by atoms with Crippen LogP contribution in [0.1, 0.15) is 56.1 Å². The number of likely N-dealkylation sites (tertiary alicyclic amines) is 1. The second-order valence-electron chi connectivity index (χ2n) is 11.5. The van der Waals surface area contributed by atoms with Crippen molar-refractivity contribution in [2.24, 2.45) is 0 Å². The van der Waals surface area contributed by atoms with E-state index in [1.807, 2.05) is 0 Å². The van der Waals surface area contributed by atoms with E-state index in [2.05, 4.69) is 19.9 Å². The van der Waals surface area contributed by atoms with E-state index in [9.17, 15) is 32.3 Å². The van der Waals surface area contributed by atoms with Crippen molar-refractivity contribution >= 4 is 45.6 Å². The molecular weight excluding hydrogens is 711 g/mol. The quantitative estimate of drug-likeness (QED) is 0.122. The summed E-state index contributed by atoms with van der Waals surface area (Å²) in [5.74, 6) is -3.72. The van der Waals surface area contributed by atoms with Gasteiger partial charge in [0.15, 0.2) is 17.3 Å². The van der Waals surface area contributed by atoms with Gasteiger partial charge in [0.25, 0.3) is 5.91 Å². The third-order valence-electron chi connectivity index (χ3n) is 8.14. The number of hydrogen-bond donors (Lipinski definition) is 4. The van der Waals surface area contributed by atoms with Crippen molar-refractivity contribution in [1.29, 1.82) is 0 Å². The lowest BCUT2D eigenvalue weighted by atomic mass is 9.98. The van der Waals surface area contributed by atoms with Gasteiger partial charge in [0.05, 0.1) is 28.5 Å². The number of aromatic carboxylic acids is 1. The monoisotopic (exact) mass is 739 g/mol. The summed E-state index contributed by atoms with van der Waals surface area (Å²) in [4.78, 5) is 42.8. The molecule has 0 aliphatic carbocycles. The standard InChI is InChI=1S/C24H21F3N4O2S.C11H8FNO3S/c25-14-6-4-13(5-7-14)23-22(30-19(12-32)34-23)24(33)31-10-2-1-3-15(31)11-18-28-17-9-8-16(26)20(27)21(17)29-18;12-7-3-1-6(2-4-7)10-9(11(15)16)13-8(5-14)17-10/h4-9,15,32H,1-3,10-12H2,(H,28,29);1-4,14H,5H2,(H,15,16). The van der Waals surface area contributed by atoms with E-state index in [1.165, 1.54) is 53.8 Å². The normalized spacial score (nSPS) is 14.4. The Morgan fingerprint density at radius 3 is 1.92 bits per heavy atom. The number of H-pyrrole nitrogens is 1. The van der Waals surface area contributed by atoms with Gasteiger partial charge in [-0.15, -0.1) is 22.7 Å². The van der Waals surface area contributed by atoms with Crippen molar-refractivity contribution in [3.05, 3.63) is 111 Å². The minimum absolute atomic E-state index is 0.0608. The van der Waals surface area contributed by atoms with Crippen LogP contribution in [0.4, 0.5) is 17.6 Å². The number of carboxylic acids is 1. The molecule has 0 saturated carbocycles. The van der Waals surface area contributed by atoms with Gasteiger partial charge in [0.1, 0.15) is 38.7 Å². The first-order valence-corrected chi connectivity index (χ1v) is 17.3. The number of rotatable bonds is 8. The van der Waals surface area contributed by atoms with E-state index in [4.69, 9.17) is 10.2 Å². The Labute approximate surface area is 295 Å². The molecule has 51 heavy (non-hydrogen) atoms. The van der Waals surface area contributed by atoms with Crippen LogP contribution in [0.2, 0.25) is 0 Å². The minimum Gasteiger partial charge on any atom is -0.476 e. The van der Waals surface area contributed by atoms with Gasteiger partial charge in [-0.25, -0.2) is 37.3 Å². The fourth-order valence-electron chi connectivity index (χ4n) is 5.75. The van der Waals surface area contributed by atoms with Crippen LogP contribution in [0.25, 0.3) is 31.9 Å². The molecule has 1 aliphatic heterocycles. The van der Waals surface area contributed by atoms with Crippen LogP contribution in [-0.2, 0) is 19.6 Å². The van der Waals surface area contributed by atoms with Crippen LogP contribution in [0.5, 0.6) is 0 Å². The van der Waals surface area contributed by atoms with Crippen LogP contribution in [0.15, 0.2) is 60.7 Å². The fraction of sp³-hybridized carbons (Fsp3) is 0.229. The van der Waals surface area contributed by atoms with Crippen LogP contribution >= 0.6 is 22.7 Å². The van der Waals surface area contributed by atoms with Crippen LogP contribution in [0.3, 0.4) is 0 Å². The van der Waals surface area contributed by atoms with Gasteiger partial charge in [-0.05, 0) is 66.8 Å². The Bertz CT molecular complexity index is 2190. The number of halogens is 4. The number of piperidine rings is 1. The highest BCUT2D eigenvalue weighted by Gasteiger charge is 2.32. The number of aliphatic hydroxyl groups excluding tert-OH is 2. The molecule has 4 heterocycles. The predicted molar refractivity (Wildman–Crippen MR) is 182 cm³/mol. The highest BCUT2D eigenvalue weighted by Crippen LogP contribution is 2.34. The smallest absolute Gasteiger partial charge is 0.356 e. The van der Waals surface area contributed by atoms with Crippen molar-refractivity contribution in [3.63, 3.8) is 0 Å². The zero-order valence-electron chi connectivity index (χ0n) is 26.6. The van der Waals surface area contributed by atoms with Gasteiger partial charge in [0, 0.05) is 19.0 Å². The molecule has 1 amide bonds. The van der Waals surface area contributed by atoms with Gasteiger partial charge >= 0.3 is 5.97 Å². The highest BCUT2D eigenvalue weighted by molar-refractivity contribution is 7.15. The number of carbonyl (C=O) groups is 2. The van der Waals surface area contributed by atoms with E-state index >= 15 is 0 Å². The second-order valence-corrected chi connectivity index (χ2v) is 13.7. The highest BCUT2D eigenvalue weighted by atomic mass is 32.1. The van der Waals surface area contributed by atoms with Gasteiger partial charge in [-0.3, -0.25) is 4.79 Å². The van der Waals surface area contributed by atoms with E-state index in [0.717, 1.165) is 36.7 Å². The number of hydrogen-bond acceptors (Lipinski definition) is 9. The summed E-state index contributed by atoms with van der Waals surface area (Å²) in [7, 11) is 0. The number of benzene rings is 3. The van der Waals surface area contributed by atoms with Crippen molar-refractivity contribution in [3.8, 4) is 20.9 Å². The molecular formula is C35H29F4N5O5S2. The second kappa shape index (κ2) is 15.5. The summed E-state index contributed by atoms with van der Waals surface area (Å²) < 4.78 is 53.9. The van der Waals surface area contributed by atoms with E-state index < -0.39 is 23.4 Å². The topological polar surface area (TPSA) is 153 Å². The maximum absolute atomic E-state index is 14.1. The Morgan fingerprint density at radius 1 is 0.784 bits per heavy atom. The molecule has 3 aromatic carbocycles. The maximum atomic E-state index is 14.1.